The molecule has 5 heteroatoms. The number of benzene rings is 1. The quantitative estimate of drug-likeness (QED) is 0.837. The number of nitrogens with one attached hydrogen (secondary N) is 2. The maximum atomic E-state index is 12.0. The standard InChI is InChI=1S/C15H15N3O2/c16-9-10-6-12(7-10)17-15(19)13-8-14(20-18-13)11-4-2-1-3-5-11/h1-5,8-10,12,16H,6-7H2,(H,17,19)/t10-,12+. The molecule has 1 saturated carbocycles. The monoisotopic (exact) mass is 269 g/mol. The maximum absolute atomic E-state index is 12.0. The molecule has 1 amide bonds. The Hall–Kier alpha value is -2.43. The fourth-order valence-corrected chi connectivity index (χ4v) is 2.30. The van der Waals surface area contributed by atoms with Crippen molar-refractivity contribution >= 4 is 12.1 Å². The van der Waals surface area contributed by atoms with Crippen molar-refractivity contribution in [1.82, 2.24) is 10.5 Å². The predicted molar refractivity (Wildman–Crippen MR) is 74.7 cm³/mol. The van der Waals surface area contributed by atoms with Gasteiger partial charge in [-0.25, -0.2) is 0 Å². The van der Waals surface area contributed by atoms with Crippen molar-refractivity contribution < 1.29 is 9.32 Å². The Morgan fingerprint density at radius 1 is 1.35 bits per heavy atom. The molecule has 20 heavy (non-hydrogen) atoms. The van der Waals surface area contributed by atoms with Gasteiger partial charge in [0.2, 0.25) is 0 Å². The van der Waals surface area contributed by atoms with Gasteiger partial charge in [0.25, 0.3) is 5.91 Å². The maximum Gasteiger partial charge on any atom is 0.273 e. The summed E-state index contributed by atoms with van der Waals surface area (Å²) in [6.45, 7) is 0. The fourth-order valence-electron chi connectivity index (χ4n) is 2.30. The lowest BCUT2D eigenvalue weighted by molar-refractivity contribution is 0.0898. The molecule has 2 aromatic rings. The van der Waals surface area contributed by atoms with Crippen LogP contribution in [0.4, 0.5) is 0 Å². The smallest absolute Gasteiger partial charge is 0.273 e. The summed E-state index contributed by atoms with van der Waals surface area (Å²) >= 11 is 0. The van der Waals surface area contributed by atoms with Crippen LogP contribution >= 0.6 is 0 Å². The first-order chi connectivity index (χ1) is 9.76. The van der Waals surface area contributed by atoms with E-state index in [1.165, 1.54) is 6.21 Å². The van der Waals surface area contributed by atoms with Crippen molar-refractivity contribution in [2.24, 2.45) is 5.92 Å². The van der Waals surface area contributed by atoms with E-state index in [1.807, 2.05) is 30.3 Å². The molecule has 1 aliphatic carbocycles. The first-order valence-electron chi connectivity index (χ1n) is 6.60. The Morgan fingerprint density at radius 3 is 2.80 bits per heavy atom. The third kappa shape index (κ3) is 2.47. The molecule has 0 unspecified atom stereocenters. The molecule has 3 rings (SSSR count). The highest BCUT2D eigenvalue weighted by molar-refractivity contribution is 5.93. The van der Waals surface area contributed by atoms with Gasteiger partial charge in [0, 0.05) is 17.7 Å². The SMILES string of the molecule is N=C[C@H]1C[C@@H](NC(=O)c2cc(-c3ccccc3)on2)C1. The molecule has 0 bridgehead atoms. The minimum Gasteiger partial charge on any atom is -0.355 e. The highest BCUT2D eigenvalue weighted by Crippen LogP contribution is 2.26. The highest BCUT2D eigenvalue weighted by atomic mass is 16.5. The van der Waals surface area contributed by atoms with Crippen molar-refractivity contribution in [2.75, 3.05) is 0 Å². The van der Waals surface area contributed by atoms with Crippen LogP contribution < -0.4 is 5.32 Å². The summed E-state index contributed by atoms with van der Waals surface area (Å²) in [7, 11) is 0. The highest BCUT2D eigenvalue weighted by Gasteiger charge is 2.29. The van der Waals surface area contributed by atoms with Gasteiger partial charge >= 0.3 is 0 Å². The molecule has 102 valence electrons. The number of rotatable bonds is 4. The van der Waals surface area contributed by atoms with Crippen LogP contribution in [0.25, 0.3) is 11.3 Å². The summed E-state index contributed by atoms with van der Waals surface area (Å²) in [5.41, 5.74) is 1.19. The van der Waals surface area contributed by atoms with E-state index in [9.17, 15) is 4.79 Å². The molecule has 0 atom stereocenters. The number of hydrogen-bond acceptors (Lipinski definition) is 4. The van der Waals surface area contributed by atoms with Gasteiger partial charge in [0.15, 0.2) is 11.5 Å². The van der Waals surface area contributed by atoms with E-state index in [1.54, 1.807) is 6.07 Å². The van der Waals surface area contributed by atoms with Crippen molar-refractivity contribution in [3.05, 3.63) is 42.1 Å². The summed E-state index contributed by atoms with van der Waals surface area (Å²) < 4.78 is 5.20. The molecule has 0 aliphatic heterocycles. The van der Waals surface area contributed by atoms with Crippen LogP contribution in [0.5, 0.6) is 0 Å². The van der Waals surface area contributed by atoms with E-state index in [-0.39, 0.29) is 11.9 Å². The van der Waals surface area contributed by atoms with Gasteiger partial charge in [-0.3, -0.25) is 4.79 Å². The number of hydrogen-bond donors (Lipinski definition) is 2. The second kappa shape index (κ2) is 5.28. The summed E-state index contributed by atoms with van der Waals surface area (Å²) in [6.07, 6.45) is 3.10. The molecular weight excluding hydrogens is 254 g/mol. The van der Waals surface area contributed by atoms with Crippen LogP contribution in [0.3, 0.4) is 0 Å². The van der Waals surface area contributed by atoms with E-state index in [0.717, 1.165) is 18.4 Å². The van der Waals surface area contributed by atoms with Gasteiger partial charge in [0.1, 0.15) is 0 Å². The van der Waals surface area contributed by atoms with E-state index in [4.69, 9.17) is 9.93 Å². The largest absolute Gasteiger partial charge is 0.355 e. The Kier molecular flexibility index (Phi) is 3.33. The number of carbonyl (C=O) groups is 1. The predicted octanol–water partition coefficient (Wildman–Crippen LogP) is 2.50. The number of amides is 1. The van der Waals surface area contributed by atoms with Crippen LogP contribution in [0.1, 0.15) is 23.3 Å². The summed E-state index contributed by atoms with van der Waals surface area (Å²) in [5, 5.41) is 13.8. The van der Waals surface area contributed by atoms with Crippen LogP contribution in [0, 0.1) is 11.3 Å². The van der Waals surface area contributed by atoms with Gasteiger partial charge in [-0.15, -0.1) is 0 Å². The lowest BCUT2D eigenvalue weighted by Crippen LogP contribution is -2.44. The molecule has 5 nitrogen and oxygen atoms in total. The van der Waals surface area contributed by atoms with Gasteiger partial charge in [-0.1, -0.05) is 35.5 Å². The van der Waals surface area contributed by atoms with E-state index in [0.29, 0.717) is 17.4 Å². The van der Waals surface area contributed by atoms with Crippen LogP contribution in [-0.2, 0) is 0 Å². The zero-order chi connectivity index (χ0) is 13.9. The second-order valence-corrected chi connectivity index (χ2v) is 5.01. The Labute approximate surface area is 116 Å². The van der Waals surface area contributed by atoms with Crippen molar-refractivity contribution in [3.8, 4) is 11.3 Å². The minimum atomic E-state index is -0.218. The topological polar surface area (TPSA) is 79.0 Å². The molecule has 0 spiro atoms. The Balaban J connectivity index is 1.65. The van der Waals surface area contributed by atoms with Crippen LogP contribution in [-0.4, -0.2) is 23.3 Å². The first kappa shape index (κ1) is 12.6. The zero-order valence-electron chi connectivity index (χ0n) is 10.9. The number of carbonyl (C=O) groups excluding carboxylic acids is 1. The van der Waals surface area contributed by atoms with E-state index in [2.05, 4.69) is 10.5 Å². The second-order valence-electron chi connectivity index (χ2n) is 5.01. The molecule has 1 fully saturated rings. The molecule has 1 heterocycles. The van der Waals surface area contributed by atoms with Gasteiger partial charge < -0.3 is 15.2 Å². The normalized spacial score (nSPS) is 21.0. The molecule has 0 radical (unpaired) electrons. The summed E-state index contributed by atoms with van der Waals surface area (Å²) in [6, 6.07) is 11.3. The van der Waals surface area contributed by atoms with Crippen LogP contribution in [0.2, 0.25) is 0 Å². The molecule has 1 aromatic carbocycles. The van der Waals surface area contributed by atoms with Gasteiger partial charge in [-0.2, -0.15) is 0 Å². The lowest BCUT2D eigenvalue weighted by atomic mass is 9.81. The minimum absolute atomic E-state index is 0.144. The summed E-state index contributed by atoms with van der Waals surface area (Å²) in [5.74, 6) is 0.670. The average molecular weight is 269 g/mol. The van der Waals surface area contributed by atoms with E-state index >= 15 is 0 Å². The lowest BCUT2D eigenvalue weighted by Gasteiger charge is -2.32. The first-order valence-corrected chi connectivity index (χ1v) is 6.60. The zero-order valence-corrected chi connectivity index (χ0v) is 10.9. The third-order valence-corrected chi connectivity index (χ3v) is 3.55. The number of aromatic nitrogens is 1. The van der Waals surface area contributed by atoms with Crippen LogP contribution in [0.15, 0.2) is 40.9 Å². The van der Waals surface area contributed by atoms with Crippen molar-refractivity contribution in [2.45, 2.75) is 18.9 Å². The molecule has 1 aliphatic rings. The van der Waals surface area contributed by atoms with Gasteiger partial charge in [0.05, 0.1) is 0 Å². The number of nitrogens with zero attached hydrogens (tertiary/aromatic N) is 1. The molecular formula is C15H15N3O2. The van der Waals surface area contributed by atoms with E-state index < -0.39 is 0 Å². The average Bonchev–Trinajstić information content (AvgIpc) is 2.93. The fraction of sp³-hybridized carbons (Fsp3) is 0.267. The van der Waals surface area contributed by atoms with Gasteiger partial charge in [-0.05, 0) is 25.0 Å². The molecule has 2 N–H and O–H groups in total. The molecule has 1 aromatic heterocycles. The molecule has 0 saturated heterocycles. The van der Waals surface area contributed by atoms with Crippen molar-refractivity contribution in [3.63, 3.8) is 0 Å². The van der Waals surface area contributed by atoms with Crippen molar-refractivity contribution in [1.29, 1.82) is 5.41 Å². The Morgan fingerprint density at radius 2 is 2.10 bits per heavy atom. The summed E-state index contributed by atoms with van der Waals surface area (Å²) in [4.78, 5) is 12.0. The third-order valence-electron chi connectivity index (χ3n) is 3.55. The Bertz CT molecular complexity index is 615.